The van der Waals surface area contributed by atoms with Gasteiger partial charge in [0.05, 0.1) is 5.56 Å². The predicted octanol–water partition coefficient (Wildman–Crippen LogP) is 3.87. The summed E-state index contributed by atoms with van der Waals surface area (Å²) in [6.45, 7) is 0. The standard InChI is InChI=1S/C16H8Cl2O4/c17-8-1-7(2-9(18)3-8)11-6-14(21)15-12(16(11)22)4-10(19)5-13(15)20/h1-6,19-20H. The van der Waals surface area contributed by atoms with E-state index < -0.39 is 17.3 Å². The number of phenolic OH excluding ortho intramolecular Hbond substituents is 2. The van der Waals surface area contributed by atoms with E-state index in [4.69, 9.17) is 23.2 Å². The molecule has 0 amide bonds. The van der Waals surface area contributed by atoms with Crippen molar-refractivity contribution in [1.82, 2.24) is 0 Å². The van der Waals surface area contributed by atoms with Crippen molar-refractivity contribution in [2.75, 3.05) is 0 Å². The van der Waals surface area contributed by atoms with Crippen LogP contribution >= 0.6 is 23.2 Å². The van der Waals surface area contributed by atoms with E-state index >= 15 is 0 Å². The van der Waals surface area contributed by atoms with Crippen LogP contribution in [0.2, 0.25) is 10.0 Å². The van der Waals surface area contributed by atoms with E-state index in [2.05, 4.69) is 0 Å². The number of ketones is 2. The lowest BCUT2D eigenvalue weighted by Crippen LogP contribution is -2.16. The SMILES string of the molecule is O=C1C(c2cc(Cl)cc(Cl)c2)=CC(=O)c2c(O)cc(O)cc21. The molecule has 0 atom stereocenters. The Labute approximate surface area is 135 Å². The van der Waals surface area contributed by atoms with Crippen LogP contribution in [-0.2, 0) is 0 Å². The highest BCUT2D eigenvalue weighted by Crippen LogP contribution is 2.36. The molecule has 2 aromatic rings. The minimum absolute atomic E-state index is 0.0592. The largest absolute Gasteiger partial charge is 0.508 e. The Balaban J connectivity index is 2.21. The number of phenols is 2. The van der Waals surface area contributed by atoms with Crippen molar-refractivity contribution in [2.24, 2.45) is 0 Å². The molecule has 2 aromatic carbocycles. The van der Waals surface area contributed by atoms with E-state index in [1.807, 2.05) is 0 Å². The molecule has 0 fully saturated rings. The number of Topliss-reactive ketones (excluding diaryl/α,β-unsaturated/α-hetero) is 1. The van der Waals surface area contributed by atoms with Gasteiger partial charge in [0.25, 0.3) is 0 Å². The molecular weight excluding hydrogens is 327 g/mol. The molecule has 0 heterocycles. The Morgan fingerprint density at radius 2 is 1.50 bits per heavy atom. The molecule has 0 unspecified atom stereocenters. The van der Waals surface area contributed by atoms with Gasteiger partial charge >= 0.3 is 0 Å². The minimum Gasteiger partial charge on any atom is -0.508 e. The summed E-state index contributed by atoms with van der Waals surface area (Å²) in [6.07, 6.45) is 1.13. The molecule has 0 saturated carbocycles. The highest BCUT2D eigenvalue weighted by atomic mass is 35.5. The number of hydrogen-bond donors (Lipinski definition) is 2. The number of allylic oxidation sites excluding steroid dienone is 2. The fraction of sp³-hybridized carbons (Fsp3) is 0. The molecule has 1 aliphatic rings. The van der Waals surface area contributed by atoms with Crippen LogP contribution in [-0.4, -0.2) is 21.8 Å². The third-order valence-corrected chi connectivity index (χ3v) is 3.72. The summed E-state index contributed by atoms with van der Waals surface area (Å²) >= 11 is 11.8. The van der Waals surface area contributed by atoms with Gasteiger partial charge in [-0.1, -0.05) is 23.2 Å². The van der Waals surface area contributed by atoms with Crippen LogP contribution in [0.25, 0.3) is 5.57 Å². The monoisotopic (exact) mass is 334 g/mol. The van der Waals surface area contributed by atoms with Gasteiger partial charge in [-0.3, -0.25) is 9.59 Å². The van der Waals surface area contributed by atoms with Crippen LogP contribution < -0.4 is 0 Å². The van der Waals surface area contributed by atoms with Gasteiger partial charge in [-0.25, -0.2) is 0 Å². The Kier molecular flexibility index (Phi) is 3.43. The van der Waals surface area contributed by atoms with Gasteiger partial charge in [0.2, 0.25) is 0 Å². The minimum atomic E-state index is -0.529. The summed E-state index contributed by atoms with van der Waals surface area (Å²) < 4.78 is 0. The van der Waals surface area contributed by atoms with Crippen molar-refractivity contribution in [3.8, 4) is 11.5 Å². The number of halogens is 2. The number of hydrogen-bond acceptors (Lipinski definition) is 4. The van der Waals surface area contributed by atoms with Crippen LogP contribution in [0.15, 0.2) is 36.4 Å². The normalized spacial score (nSPS) is 13.8. The van der Waals surface area contributed by atoms with Crippen LogP contribution in [0.1, 0.15) is 26.3 Å². The Morgan fingerprint density at radius 3 is 2.14 bits per heavy atom. The van der Waals surface area contributed by atoms with Gasteiger partial charge in [0, 0.05) is 27.2 Å². The van der Waals surface area contributed by atoms with Crippen molar-refractivity contribution in [1.29, 1.82) is 0 Å². The molecule has 0 aliphatic heterocycles. The summed E-state index contributed by atoms with van der Waals surface area (Å²) in [5.74, 6) is -1.77. The zero-order valence-corrected chi connectivity index (χ0v) is 12.4. The van der Waals surface area contributed by atoms with Crippen LogP contribution in [0, 0.1) is 0 Å². The zero-order valence-electron chi connectivity index (χ0n) is 10.9. The van der Waals surface area contributed by atoms with E-state index in [1.54, 1.807) is 0 Å². The molecule has 0 radical (unpaired) electrons. The number of aromatic hydroxyl groups is 2. The van der Waals surface area contributed by atoms with Crippen molar-refractivity contribution in [2.45, 2.75) is 0 Å². The lowest BCUT2D eigenvalue weighted by molar-refractivity contribution is 0.0999. The third kappa shape index (κ3) is 2.36. The second kappa shape index (κ2) is 5.16. The second-order valence-electron chi connectivity index (χ2n) is 4.80. The molecule has 4 nitrogen and oxygen atoms in total. The summed E-state index contributed by atoms with van der Waals surface area (Å²) in [5, 5.41) is 20.0. The van der Waals surface area contributed by atoms with Crippen molar-refractivity contribution >= 4 is 40.3 Å². The maximum absolute atomic E-state index is 12.6. The van der Waals surface area contributed by atoms with E-state index in [-0.39, 0.29) is 22.4 Å². The van der Waals surface area contributed by atoms with Gasteiger partial charge in [0.15, 0.2) is 11.6 Å². The van der Waals surface area contributed by atoms with Crippen molar-refractivity contribution in [3.63, 3.8) is 0 Å². The maximum Gasteiger partial charge on any atom is 0.194 e. The van der Waals surface area contributed by atoms with Gasteiger partial charge in [-0.05, 0) is 35.9 Å². The molecule has 0 spiro atoms. The lowest BCUT2D eigenvalue weighted by atomic mass is 9.85. The smallest absolute Gasteiger partial charge is 0.194 e. The highest BCUT2D eigenvalue weighted by Gasteiger charge is 2.29. The molecule has 1 aliphatic carbocycles. The van der Waals surface area contributed by atoms with Gasteiger partial charge in [-0.15, -0.1) is 0 Å². The fourth-order valence-electron chi connectivity index (χ4n) is 2.39. The fourth-order valence-corrected chi connectivity index (χ4v) is 2.91. The molecule has 0 bridgehead atoms. The summed E-state index contributed by atoms with van der Waals surface area (Å²) in [5.41, 5.74) is 0.312. The Hall–Kier alpha value is -2.30. The van der Waals surface area contributed by atoms with E-state index in [1.165, 1.54) is 18.2 Å². The summed E-state index contributed by atoms with van der Waals surface area (Å²) in [4.78, 5) is 24.7. The van der Waals surface area contributed by atoms with Crippen LogP contribution in [0.5, 0.6) is 11.5 Å². The Bertz CT molecular complexity index is 848. The van der Waals surface area contributed by atoms with Crippen molar-refractivity contribution < 1.29 is 19.8 Å². The van der Waals surface area contributed by atoms with E-state index in [0.717, 1.165) is 18.2 Å². The zero-order chi connectivity index (χ0) is 16.0. The van der Waals surface area contributed by atoms with E-state index in [9.17, 15) is 19.8 Å². The molecule has 22 heavy (non-hydrogen) atoms. The number of carbonyl (C=O) groups excluding carboxylic acids is 2. The van der Waals surface area contributed by atoms with Crippen LogP contribution in [0.3, 0.4) is 0 Å². The van der Waals surface area contributed by atoms with Gasteiger partial charge in [-0.2, -0.15) is 0 Å². The summed E-state index contributed by atoms with van der Waals surface area (Å²) in [7, 11) is 0. The number of rotatable bonds is 1. The first-order valence-electron chi connectivity index (χ1n) is 6.20. The average molecular weight is 335 g/mol. The first-order valence-corrected chi connectivity index (χ1v) is 6.95. The Morgan fingerprint density at radius 1 is 0.864 bits per heavy atom. The number of fused-ring (bicyclic) bond motifs is 1. The van der Waals surface area contributed by atoms with Crippen LogP contribution in [0.4, 0.5) is 0 Å². The van der Waals surface area contributed by atoms with E-state index in [0.29, 0.717) is 15.6 Å². The number of carbonyl (C=O) groups is 2. The molecule has 0 saturated heterocycles. The van der Waals surface area contributed by atoms with Crippen molar-refractivity contribution in [3.05, 3.63) is 63.1 Å². The predicted molar refractivity (Wildman–Crippen MR) is 82.9 cm³/mol. The molecule has 0 aromatic heterocycles. The first-order chi connectivity index (χ1) is 10.4. The molecule has 3 rings (SSSR count). The van der Waals surface area contributed by atoms with Gasteiger partial charge < -0.3 is 10.2 Å². The molecule has 2 N–H and O–H groups in total. The third-order valence-electron chi connectivity index (χ3n) is 3.29. The summed E-state index contributed by atoms with van der Waals surface area (Å²) in [6, 6.07) is 6.69. The second-order valence-corrected chi connectivity index (χ2v) is 5.67. The highest BCUT2D eigenvalue weighted by molar-refractivity contribution is 6.40. The maximum atomic E-state index is 12.6. The average Bonchev–Trinajstić information content (AvgIpc) is 2.40. The molecule has 6 heteroatoms. The quantitative estimate of drug-likeness (QED) is 0.830. The van der Waals surface area contributed by atoms with Gasteiger partial charge in [0.1, 0.15) is 11.5 Å². The lowest BCUT2D eigenvalue weighted by Gasteiger charge is -2.17. The first kappa shape index (κ1) is 14.6. The number of benzene rings is 2. The molecule has 110 valence electrons. The molecular formula is C16H8Cl2O4. The topological polar surface area (TPSA) is 74.6 Å².